The Balaban J connectivity index is 1.95. The predicted octanol–water partition coefficient (Wildman–Crippen LogP) is 3.78. The van der Waals surface area contributed by atoms with Gasteiger partial charge in [-0.1, -0.05) is 30.2 Å². The summed E-state index contributed by atoms with van der Waals surface area (Å²) >= 11 is 0. The maximum Gasteiger partial charge on any atom is 0.0890 e. The molecular formula is C17H21N3. The molecule has 0 fully saturated rings. The third-order valence-electron chi connectivity index (χ3n) is 4.00. The molecule has 0 saturated heterocycles. The molecule has 2 aromatic rings. The first-order valence-corrected chi connectivity index (χ1v) is 7.46. The largest absolute Gasteiger partial charge is 0.308 e. The fourth-order valence-corrected chi connectivity index (χ4v) is 2.94. The maximum absolute atomic E-state index is 4.79. The van der Waals surface area contributed by atoms with Crippen LogP contribution in [0.5, 0.6) is 0 Å². The molecule has 1 aromatic carbocycles. The highest BCUT2D eigenvalue weighted by Gasteiger charge is 2.17. The lowest BCUT2D eigenvalue weighted by molar-refractivity contribution is 0.615. The van der Waals surface area contributed by atoms with Crippen LogP contribution in [0, 0.1) is 0 Å². The molecule has 0 amide bonds. The van der Waals surface area contributed by atoms with Crippen molar-refractivity contribution in [2.75, 3.05) is 7.05 Å². The van der Waals surface area contributed by atoms with E-state index in [-0.39, 0.29) is 6.04 Å². The van der Waals surface area contributed by atoms with Crippen molar-refractivity contribution in [3.8, 4) is 0 Å². The molecule has 0 saturated carbocycles. The molecule has 3 rings (SSSR count). The van der Waals surface area contributed by atoms with E-state index in [1.54, 1.807) is 0 Å². The van der Waals surface area contributed by atoms with Crippen LogP contribution in [0.25, 0.3) is 11.0 Å². The fraction of sp³-hybridized carbons (Fsp3) is 0.412. The number of aromatic nitrogens is 2. The number of nitrogens with one attached hydrogen (secondary N) is 1. The minimum atomic E-state index is 0.199. The van der Waals surface area contributed by atoms with E-state index in [0.717, 1.165) is 16.7 Å². The second-order valence-corrected chi connectivity index (χ2v) is 5.38. The summed E-state index contributed by atoms with van der Waals surface area (Å²) in [6, 6.07) is 8.25. The van der Waals surface area contributed by atoms with Crippen LogP contribution in [0.4, 0.5) is 0 Å². The molecule has 20 heavy (non-hydrogen) atoms. The van der Waals surface area contributed by atoms with Crippen molar-refractivity contribution in [3.05, 3.63) is 47.8 Å². The SMILES string of the molecule is CNC(C1=CCCCCC1)c1cnc2ccccc2n1. The molecule has 1 atom stereocenters. The lowest BCUT2D eigenvalue weighted by atomic mass is 9.99. The Labute approximate surface area is 120 Å². The maximum atomic E-state index is 4.79. The second-order valence-electron chi connectivity index (χ2n) is 5.38. The Morgan fingerprint density at radius 3 is 2.80 bits per heavy atom. The lowest BCUT2D eigenvalue weighted by Gasteiger charge is -2.19. The minimum Gasteiger partial charge on any atom is -0.308 e. The van der Waals surface area contributed by atoms with Crippen molar-refractivity contribution in [1.29, 1.82) is 0 Å². The third kappa shape index (κ3) is 2.73. The van der Waals surface area contributed by atoms with Crippen LogP contribution in [0.15, 0.2) is 42.1 Å². The molecular weight excluding hydrogens is 246 g/mol. The molecule has 1 aliphatic rings. The molecule has 1 aliphatic carbocycles. The zero-order valence-electron chi connectivity index (χ0n) is 12.0. The van der Waals surface area contributed by atoms with Gasteiger partial charge in [0, 0.05) is 0 Å². The van der Waals surface area contributed by atoms with Gasteiger partial charge in [-0.15, -0.1) is 0 Å². The van der Waals surface area contributed by atoms with Gasteiger partial charge in [0.1, 0.15) is 0 Å². The first kappa shape index (κ1) is 13.3. The molecule has 0 spiro atoms. The van der Waals surface area contributed by atoms with Gasteiger partial charge in [-0.05, 0) is 44.9 Å². The van der Waals surface area contributed by atoms with Gasteiger partial charge in [0.25, 0.3) is 0 Å². The normalized spacial score (nSPS) is 17.6. The van der Waals surface area contributed by atoms with Crippen LogP contribution in [0.3, 0.4) is 0 Å². The van der Waals surface area contributed by atoms with Gasteiger partial charge in [0.2, 0.25) is 0 Å². The Morgan fingerprint density at radius 1 is 1.10 bits per heavy atom. The van der Waals surface area contributed by atoms with Crippen molar-refractivity contribution < 1.29 is 0 Å². The highest BCUT2D eigenvalue weighted by Crippen LogP contribution is 2.28. The summed E-state index contributed by atoms with van der Waals surface area (Å²) in [6.07, 6.45) is 10.6. The van der Waals surface area contributed by atoms with Crippen LogP contribution < -0.4 is 5.32 Å². The van der Waals surface area contributed by atoms with Gasteiger partial charge < -0.3 is 5.32 Å². The number of likely N-dealkylation sites (N-methyl/N-ethyl adjacent to an activating group) is 1. The molecule has 3 nitrogen and oxygen atoms in total. The smallest absolute Gasteiger partial charge is 0.0890 e. The quantitative estimate of drug-likeness (QED) is 0.860. The van der Waals surface area contributed by atoms with Gasteiger partial charge >= 0.3 is 0 Å². The van der Waals surface area contributed by atoms with E-state index in [2.05, 4.69) is 16.4 Å². The minimum absolute atomic E-state index is 0.199. The molecule has 3 heteroatoms. The monoisotopic (exact) mass is 267 g/mol. The predicted molar refractivity (Wildman–Crippen MR) is 82.5 cm³/mol. The van der Waals surface area contributed by atoms with Crippen molar-refractivity contribution in [1.82, 2.24) is 15.3 Å². The molecule has 1 N–H and O–H groups in total. The summed E-state index contributed by atoms with van der Waals surface area (Å²) < 4.78 is 0. The van der Waals surface area contributed by atoms with Gasteiger partial charge in [-0.2, -0.15) is 0 Å². The molecule has 104 valence electrons. The number of fused-ring (bicyclic) bond motifs is 1. The van der Waals surface area contributed by atoms with Crippen molar-refractivity contribution in [2.45, 2.75) is 38.1 Å². The topological polar surface area (TPSA) is 37.8 Å². The summed E-state index contributed by atoms with van der Waals surface area (Å²) in [5.74, 6) is 0. The number of hydrogen-bond acceptors (Lipinski definition) is 3. The van der Waals surface area contributed by atoms with E-state index in [9.17, 15) is 0 Å². The summed E-state index contributed by atoms with van der Waals surface area (Å²) in [6.45, 7) is 0. The van der Waals surface area contributed by atoms with E-state index in [1.165, 1.54) is 37.7 Å². The summed E-state index contributed by atoms with van der Waals surface area (Å²) in [5.41, 5.74) is 4.43. The van der Waals surface area contributed by atoms with E-state index in [1.807, 2.05) is 37.5 Å². The van der Waals surface area contributed by atoms with E-state index >= 15 is 0 Å². The summed E-state index contributed by atoms with van der Waals surface area (Å²) in [4.78, 5) is 9.32. The van der Waals surface area contributed by atoms with Gasteiger partial charge in [0.15, 0.2) is 0 Å². The highest BCUT2D eigenvalue weighted by molar-refractivity contribution is 5.73. The zero-order chi connectivity index (χ0) is 13.8. The Morgan fingerprint density at radius 2 is 1.95 bits per heavy atom. The second kappa shape index (κ2) is 6.14. The average molecular weight is 267 g/mol. The summed E-state index contributed by atoms with van der Waals surface area (Å²) in [5, 5.41) is 3.41. The Hall–Kier alpha value is -1.74. The average Bonchev–Trinajstić information content (AvgIpc) is 2.77. The van der Waals surface area contributed by atoms with Crippen LogP contribution in [0.2, 0.25) is 0 Å². The number of benzene rings is 1. The van der Waals surface area contributed by atoms with Crippen molar-refractivity contribution >= 4 is 11.0 Å². The van der Waals surface area contributed by atoms with Gasteiger partial charge in [0.05, 0.1) is 29.0 Å². The number of rotatable bonds is 3. The van der Waals surface area contributed by atoms with Crippen LogP contribution in [-0.4, -0.2) is 17.0 Å². The number of allylic oxidation sites excluding steroid dienone is 1. The molecule has 0 aliphatic heterocycles. The lowest BCUT2D eigenvalue weighted by Crippen LogP contribution is -2.20. The molecule has 0 bridgehead atoms. The summed E-state index contributed by atoms with van der Waals surface area (Å²) in [7, 11) is 2.01. The van der Waals surface area contributed by atoms with Gasteiger partial charge in [-0.25, -0.2) is 4.98 Å². The number of nitrogens with zero attached hydrogens (tertiary/aromatic N) is 2. The Bertz CT molecular complexity index is 618. The molecule has 1 aromatic heterocycles. The van der Waals surface area contributed by atoms with Gasteiger partial charge in [-0.3, -0.25) is 4.98 Å². The standard InChI is InChI=1S/C17H21N3/c1-18-17(13-8-4-2-3-5-9-13)16-12-19-14-10-6-7-11-15(14)20-16/h6-8,10-12,17-18H,2-5,9H2,1H3. The first-order chi connectivity index (χ1) is 9.88. The highest BCUT2D eigenvalue weighted by atomic mass is 14.9. The van der Waals surface area contributed by atoms with Crippen molar-refractivity contribution in [2.24, 2.45) is 0 Å². The number of hydrogen-bond donors (Lipinski definition) is 1. The molecule has 1 unspecified atom stereocenters. The molecule has 0 radical (unpaired) electrons. The Kier molecular flexibility index (Phi) is 4.07. The molecule has 1 heterocycles. The third-order valence-corrected chi connectivity index (χ3v) is 4.00. The van der Waals surface area contributed by atoms with Crippen molar-refractivity contribution in [3.63, 3.8) is 0 Å². The van der Waals surface area contributed by atoms with E-state index in [4.69, 9.17) is 4.98 Å². The van der Waals surface area contributed by atoms with Crippen LogP contribution in [0.1, 0.15) is 43.8 Å². The fourth-order valence-electron chi connectivity index (χ4n) is 2.94. The van der Waals surface area contributed by atoms with E-state index in [0.29, 0.717) is 0 Å². The first-order valence-electron chi connectivity index (χ1n) is 7.46. The van der Waals surface area contributed by atoms with E-state index < -0.39 is 0 Å². The van der Waals surface area contributed by atoms with Crippen LogP contribution in [-0.2, 0) is 0 Å². The number of para-hydroxylation sites is 2. The zero-order valence-corrected chi connectivity index (χ0v) is 12.0. The van der Waals surface area contributed by atoms with Crippen LogP contribution >= 0.6 is 0 Å².